The predicted molar refractivity (Wildman–Crippen MR) is 143 cm³/mol. The second-order valence-corrected chi connectivity index (χ2v) is 9.45. The van der Waals surface area contributed by atoms with Crippen molar-refractivity contribution in [3.8, 4) is 5.75 Å². The monoisotopic (exact) mass is 488 g/mol. The van der Waals surface area contributed by atoms with E-state index in [0.29, 0.717) is 15.0 Å². The zero-order valence-corrected chi connectivity index (χ0v) is 20.5. The van der Waals surface area contributed by atoms with Gasteiger partial charge in [0.15, 0.2) is 10.9 Å². The minimum Gasteiger partial charge on any atom is -0.484 e. The first-order valence-corrected chi connectivity index (χ1v) is 12.1. The number of rotatable bonds is 7. The predicted octanol–water partition coefficient (Wildman–Crippen LogP) is 5.98. The van der Waals surface area contributed by atoms with Crippen LogP contribution in [0.3, 0.4) is 0 Å². The average Bonchev–Trinajstić information content (AvgIpc) is 3.12. The molecule has 1 N–H and O–H groups in total. The summed E-state index contributed by atoms with van der Waals surface area (Å²) in [5.41, 5.74) is 4.61. The summed E-state index contributed by atoms with van der Waals surface area (Å²) in [6.45, 7) is 3.95. The highest BCUT2D eigenvalue weighted by Crippen LogP contribution is 2.36. The third-order valence-electron chi connectivity index (χ3n) is 5.31. The van der Waals surface area contributed by atoms with Gasteiger partial charge in [0.2, 0.25) is 0 Å². The van der Waals surface area contributed by atoms with Crippen LogP contribution in [-0.2, 0) is 16.0 Å². The van der Waals surface area contributed by atoms with Gasteiger partial charge in [0.05, 0.1) is 10.6 Å². The molecule has 0 radical (unpaired) electrons. The molecular weight excluding hydrogens is 464 g/mol. The minimum absolute atomic E-state index is 0.0907. The van der Waals surface area contributed by atoms with E-state index in [2.05, 4.69) is 5.32 Å². The average molecular weight is 489 g/mol. The summed E-state index contributed by atoms with van der Waals surface area (Å²) in [5, 5.41) is 2.89. The Kier molecular flexibility index (Phi) is 7.45. The lowest BCUT2D eigenvalue weighted by molar-refractivity contribution is -0.118. The molecule has 0 spiro atoms. The summed E-state index contributed by atoms with van der Waals surface area (Å²) >= 11 is 6.72. The number of thiocarbonyl (C=S) groups is 1. The molecule has 1 fully saturated rings. The highest BCUT2D eigenvalue weighted by molar-refractivity contribution is 8.27. The van der Waals surface area contributed by atoms with Crippen LogP contribution in [0.5, 0.6) is 5.75 Å². The summed E-state index contributed by atoms with van der Waals surface area (Å²) in [4.78, 5) is 27.3. The van der Waals surface area contributed by atoms with Gasteiger partial charge in [0.25, 0.3) is 11.8 Å². The summed E-state index contributed by atoms with van der Waals surface area (Å²) in [6, 6.07) is 22.7. The summed E-state index contributed by atoms with van der Waals surface area (Å²) in [7, 11) is 0. The van der Waals surface area contributed by atoms with Gasteiger partial charge in [0, 0.05) is 5.69 Å². The summed E-state index contributed by atoms with van der Waals surface area (Å²) in [5.74, 6) is 0.219. The Labute approximate surface area is 208 Å². The number of carbonyl (C=O) groups excluding carboxylic acids is 2. The molecule has 3 aromatic carbocycles. The maximum absolute atomic E-state index is 12.9. The number of hydrogen-bond acceptors (Lipinski definition) is 5. The van der Waals surface area contributed by atoms with Crippen molar-refractivity contribution in [2.45, 2.75) is 20.3 Å². The van der Waals surface area contributed by atoms with Gasteiger partial charge in [0.1, 0.15) is 5.75 Å². The maximum Gasteiger partial charge on any atom is 0.270 e. The molecule has 0 aliphatic carbocycles. The van der Waals surface area contributed by atoms with E-state index < -0.39 is 0 Å². The Morgan fingerprint density at radius 2 is 1.76 bits per heavy atom. The number of carbonyl (C=O) groups is 2. The Morgan fingerprint density at radius 1 is 1.06 bits per heavy atom. The Hall–Kier alpha value is -3.42. The van der Waals surface area contributed by atoms with Gasteiger partial charge in [-0.1, -0.05) is 78.9 Å². The zero-order chi connectivity index (χ0) is 24.1. The first kappa shape index (κ1) is 23.7. The molecule has 7 heteroatoms. The fraction of sp³-hybridized carbons (Fsp3) is 0.148. The van der Waals surface area contributed by atoms with Crippen molar-refractivity contribution in [2.24, 2.45) is 0 Å². The van der Waals surface area contributed by atoms with Gasteiger partial charge in [-0.25, -0.2) is 0 Å². The number of benzene rings is 3. The third kappa shape index (κ3) is 5.55. The molecule has 1 aliphatic rings. The van der Waals surface area contributed by atoms with Crippen molar-refractivity contribution in [3.05, 3.63) is 94.4 Å². The van der Waals surface area contributed by atoms with Crippen molar-refractivity contribution in [1.82, 2.24) is 0 Å². The smallest absolute Gasteiger partial charge is 0.270 e. The lowest BCUT2D eigenvalue weighted by Gasteiger charge is -2.14. The molecule has 0 aromatic heterocycles. The van der Waals surface area contributed by atoms with Gasteiger partial charge in [-0.2, -0.15) is 0 Å². The van der Waals surface area contributed by atoms with Crippen LogP contribution >= 0.6 is 24.0 Å². The van der Waals surface area contributed by atoms with E-state index in [1.807, 2.05) is 80.6 Å². The number of hydrogen-bond donors (Lipinski definition) is 1. The number of nitrogens with one attached hydrogen (secondary N) is 1. The zero-order valence-electron chi connectivity index (χ0n) is 18.9. The van der Waals surface area contributed by atoms with Gasteiger partial charge in [-0.05, 0) is 60.9 Å². The largest absolute Gasteiger partial charge is 0.484 e. The van der Waals surface area contributed by atoms with Crippen molar-refractivity contribution < 1.29 is 14.3 Å². The van der Waals surface area contributed by atoms with E-state index in [0.717, 1.165) is 34.5 Å². The van der Waals surface area contributed by atoms with Crippen LogP contribution in [0.15, 0.2) is 77.7 Å². The minimum atomic E-state index is -0.218. The summed E-state index contributed by atoms with van der Waals surface area (Å²) in [6.07, 6.45) is 2.65. The molecule has 1 aliphatic heterocycles. The quantitative estimate of drug-likeness (QED) is 0.327. The number of ether oxygens (including phenoxy) is 1. The van der Waals surface area contributed by atoms with Crippen molar-refractivity contribution in [1.29, 1.82) is 0 Å². The molecular formula is C27H24N2O3S2. The molecule has 3 aromatic rings. The Morgan fingerprint density at radius 3 is 2.47 bits per heavy atom. The summed E-state index contributed by atoms with van der Waals surface area (Å²) < 4.78 is 6.14. The highest BCUT2D eigenvalue weighted by Gasteiger charge is 2.33. The number of para-hydroxylation sites is 1. The highest BCUT2D eigenvalue weighted by atomic mass is 32.2. The van der Waals surface area contributed by atoms with E-state index >= 15 is 0 Å². The lowest BCUT2D eigenvalue weighted by Crippen LogP contribution is -2.27. The van der Waals surface area contributed by atoms with Crippen LogP contribution in [0.25, 0.3) is 6.08 Å². The normalized spacial score (nSPS) is 14.5. The van der Waals surface area contributed by atoms with E-state index in [9.17, 15) is 9.59 Å². The van der Waals surface area contributed by atoms with Crippen molar-refractivity contribution >= 4 is 57.6 Å². The SMILES string of the molecule is CCc1ccccc1NC(=O)COc1ccc(/C=C2\SC(=S)N(c3ccc(C)cc3)C2=O)cc1. The fourth-order valence-corrected chi connectivity index (χ4v) is 4.78. The number of anilines is 2. The van der Waals surface area contributed by atoms with E-state index in [4.69, 9.17) is 17.0 Å². The van der Waals surface area contributed by atoms with Gasteiger partial charge < -0.3 is 10.1 Å². The Balaban J connectivity index is 1.37. The molecule has 5 nitrogen and oxygen atoms in total. The number of amides is 2. The van der Waals surface area contributed by atoms with Crippen LogP contribution in [0.4, 0.5) is 11.4 Å². The first-order chi connectivity index (χ1) is 16.4. The lowest BCUT2D eigenvalue weighted by atomic mass is 10.1. The van der Waals surface area contributed by atoms with Crippen molar-refractivity contribution in [2.75, 3.05) is 16.8 Å². The first-order valence-electron chi connectivity index (χ1n) is 10.9. The Bertz CT molecular complexity index is 1250. The molecule has 0 saturated carbocycles. The van der Waals surface area contributed by atoms with Crippen LogP contribution < -0.4 is 15.0 Å². The molecule has 0 unspecified atom stereocenters. The van der Waals surface area contributed by atoms with E-state index in [1.54, 1.807) is 17.0 Å². The van der Waals surface area contributed by atoms with Gasteiger partial charge in [-0.3, -0.25) is 14.5 Å². The van der Waals surface area contributed by atoms with Crippen LogP contribution in [-0.4, -0.2) is 22.7 Å². The second kappa shape index (κ2) is 10.7. The second-order valence-electron chi connectivity index (χ2n) is 7.77. The molecule has 172 valence electrons. The fourth-order valence-electron chi connectivity index (χ4n) is 3.48. The molecule has 0 atom stereocenters. The third-order valence-corrected chi connectivity index (χ3v) is 6.61. The van der Waals surface area contributed by atoms with Crippen molar-refractivity contribution in [3.63, 3.8) is 0 Å². The molecule has 2 amide bonds. The van der Waals surface area contributed by atoms with Crippen LogP contribution in [0.2, 0.25) is 0 Å². The van der Waals surface area contributed by atoms with E-state index in [1.165, 1.54) is 11.8 Å². The van der Waals surface area contributed by atoms with Gasteiger partial charge >= 0.3 is 0 Å². The van der Waals surface area contributed by atoms with Crippen LogP contribution in [0, 0.1) is 6.92 Å². The topological polar surface area (TPSA) is 58.6 Å². The van der Waals surface area contributed by atoms with Crippen LogP contribution in [0.1, 0.15) is 23.6 Å². The number of aryl methyl sites for hydroxylation is 2. The molecule has 1 heterocycles. The molecule has 34 heavy (non-hydrogen) atoms. The van der Waals surface area contributed by atoms with Gasteiger partial charge in [-0.15, -0.1) is 0 Å². The van der Waals surface area contributed by atoms with E-state index in [-0.39, 0.29) is 18.4 Å². The molecule has 1 saturated heterocycles. The molecule has 4 rings (SSSR count). The standard InChI is InChI=1S/C27H24N2O3S2/c1-3-20-6-4-5-7-23(20)28-25(30)17-32-22-14-10-19(11-15-22)16-24-26(31)29(27(33)34-24)21-12-8-18(2)9-13-21/h4-16H,3,17H2,1-2H3,(H,28,30)/b24-16-. The number of thioether (sulfide) groups is 1. The number of nitrogens with zero attached hydrogens (tertiary/aromatic N) is 1. The molecule has 0 bridgehead atoms. The maximum atomic E-state index is 12.9.